The minimum absolute atomic E-state index is 0.0436. The van der Waals surface area contributed by atoms with Crippen molar-refractivity contribution in [3.8, 4) is 0 Å². The topological polar surface area (TPSA) is 65.1 Å². The van der Waals surface area contributed by atoms with Gasteiger partial charge in [0.2, 0.25) is 0 Å². The predicted molar refractivity (Wildman–Crippen MR) is 170 cm³/mol. The van der Waals surface area contributed by atoms with Crippen molar-refractivity contribution < 1.29 is 23.8 Å². The van der Waals surface area contributed by atoms with Gasteiger partial charge in [0.25, 0.3) is 0 Å². The van der Waals surface area contributed by atoms with Crippen LogP contribution in [-0.4, -0.2) is 48.2 Å². The number of rotatable bonds is 12. The summed E-state index contributed by atoms with van der Waals surface area (Å²) in [5.41, 5.74) is 1.27. The molecule has 0 spiro atoms. The van der Waals surface area contributed by atoms with Gasteiger partial charge in [-0.1, -0.05) is 88.4 Å². The summed E-state index contributed by atoms with van der Waals surface area (Å²) in [6.45, 7) is 17.7. The molecule has 4 rings (SSSR count). The number of methoxy groups -OCH3 is 1. The second kappa shape index (κ2) is 13.1. The zero-order valence-electron chi connectivity index (χ0n) is 27.8. The van der Waals surface area contributed by atoms with Crippen LogP contribution in [0.15, 0.2) is 60.7 Å². The van der Waals surface area contributed by atoms with Gasteiger partial charge in [-0.25, -0.2) is 0 Å². The van der Waals surface area contributed by atoms with Gasteiger partial charge in [0.15, 0.2) is 0 Å². The lowest BCUT2D eigenvalue weighted by Crippen LogP contribution is -2.56. The summed E-state index contributed by atoms with van der Waals surface area (Å²) in [5, 5.41) is 0. The van der Waals surface area contributed by atoms with Gasteiger partial charge in [-0.15, -0.1) is 0 Å². The number of carbonyl (C=O) groups is 2. The highest BCUT2D eigenvalue weighted by molar-refractivity contribution is 5.76. The summed E-state index contributed by atoms with van der Waals surface area (Å²) in [4.78, 5) is 29.6. The molecular weight excluding hydrogens is 538 g/mol. The molecule has 6 nitrogen and oxygen atoms in total. The Balaban J connectivity index is 1.89. The molecule has 0 radical (unpaired) electrons. The zero-order valence-corrected chi connectivity index (χ0v) is 27.8. The maximum Gasteiger partial charge on any atom is 0.315 e. The maximum absolute atomic E-state index is 14.4. The van der Waals surface area contributed by atoms with Crippen molar-refractivity contribution in [2.24, 2.45) is 28.6 Å². The van der Waals surface area contributed by atoms with E-state index >= 15 is 0 Å². The number of hydrogen-bond acceptors (Lipinski definition) is 6. The predicted octanol–water partition coefficient (Wildman–Crippen LogP) is 7.62. The van der Waals surface area contributed by atoms with Gasteiger partial charge in [0.1, 0.15) is 17.6 Å². The van der Waals surface area contributed by atoms with Gasteiger partial charge in [0, 0.05) is 38.6 Å². The number of esters is 2. The number of hydrogen-bond donors (Lipinski definition) is 0. The Labute approximate surface area is 259 Å². The van der Waals surface area contributed by atoms with E-state index in [9.17, 15) is 9.59 Å². The lowest BCUT2D eigenvalue weighted by atomic mass is 9.67. The molecular formula is C37H53NO5. The molecule has 2 aliphatic rings. The van der Waals surface area contributed by atoms with Crippen molar-refractivity contribution in [1.29, 1.82) is 0 Å². The standard InChI is InChI=1S/C37H53NO5/c1-25(2)32(31(34(40)43-35(4,5)6)33(42-26(3)39)28-18-14-11-15-19-28)38(23-27-16-12-10-13-17-27)24-37-21-20-29(36(37,7)8)22-30(37)41-9/h10-19,25,29-33H,20-24H2,1-9H3/t29-,30-,31+,32-,33+,37-/m1/s1. The van der Waals surface area contributed by atoms with Crippen LogP contribution in [0.2, 0.25) is 0 Å². The quantitative estimate of drug-likeness (QED) is 0.237. The van der Waals surface area contributed by atoms with E-state index in [0.717, 1.165) is 24.9 Å². The second-order valence-electron chi connectivity index (χ2n) is 14.7. The minimum Gasteiger partial charge on any atom is -0.460 e. The van der Waals surface area contributed by atoms with E-state index in [1.807, 2.05) is 64.3 Å². The van der Waals surface area contributed by atoms with Gasteiger partial charge in [-0.2, -0.15) is 0 Å². The highest BCUT2D eigenvalue weighted by Crippen LogP contribution is 2.67. The number of ether oxygens (including phenoxy) is 3. The molecule has 0 N–H and O–H groups in total. The van der Waals surface area contributed by atoms with Gasteiger partial charge in [0.05, 0.1) is 6.10 Å². The molecule has 2 aromatic rings. The Morgan fingerprint density at radius 2 is 1.60 bits per heavy atom. The molecule has 0 amide bonds. The van der Waals surface area contributed by atoms with E-state index in [2.05, 4.69) is 56.9 Å². The lowest BCUT2D eigenvalue weighted by molar-refractivity contribution is -0.176. The van der Waals surface area contributed by atoms with Gasteiger partial charge in [-0.05, 0) is 68.4 Å². The summed E-state index contributed by atoms with van der Waals surface area (Å²) >= 11 is 0. The molecule has 0 unspecified atom stereocenters. The SMILES string of the molecule is CO[C@@H]1C[C@H]2CC[C@]1(CN(Cc1ccccc1)[C@H](C(C)C)[C@H](C(=O)OC(C)(C)C)[C@@H](OC(C)=O)c1ccccc1)C2(C)C. The Hall–Kier alpha value is -2.70. The zero-order chi connectivity index (χ0) is 31.6. The van der Waals surface area contributed by atoms with Crippen LogP contribution < -0.4 is 0 Å². The molecule has 2 aliphatic carbocycles. The summed E-state index contributed by atoms with van der Waals surface area (Å²) in [5.74, 6) is -0.882. The first kappa shape index (κ1) is 33.2. The van der Waals surface area contributed by atoms with E-state index in [-0.39, 0.29) is 34.9 Å². The van der Waals surface area contributed by atoms with E-state index < -0.39 is 23.6 Å². The van der Waals surface area contributed by atoms with Crippen LogP contribution in [0.25, 0.3) is 0 Å². The third kappa shape index (κ3) is 7.01. The number of fused-ring (bicyclic) bond motifs is 2. The lowest BCUT2D eigenvalue weighted by Gasteiger charge is -2.49. The summed E-state index contributed by atoms with van der Waals surface area (Å²) < 4.78 is 18.5. The van der Waals surface area contributed by atoms with Crippen molar-refractivity contribution in [2.75, 3.05) is 13.7 Å². The van der Waals surface area contributed by atoms with Crippen LogP contribution in [0.4, 0.5) is 0 Å². The first-order valence-electron chi connectivity index (χ1n) is 16.0. The van der Waals surface area contributed by atoms with Crippen LogP contribution in [-0.2, 0) is 30.3 Å². The Bertz CT molecular complexity index is 1220. The first-order valence-corrected chi connectivity index (χ1v) is 16.0. The molecule has 0 aromatic heterocycles. The number of nitrogens with zero attached hydrogens (tertiary/aromatic N) is 1. The van der Waals surface area contributed by atoms with Crippen LogP contribution in [0.3, 0.4) is 0 Å². The van der Waals surface area contributed by atoms with Crippen molar-refractivity contribution in [3.05, 3.63) is 71.8 Å². The molecule has 0 heterocycles. The van der Waals surface area contributed by atoms with Crippen LogP contribution in [0, 0.1) is 28.6 Å². The van der Waals surface area contributed by atoms with Crippen molar-refractivity contribution in [1.82, 2.24) is 4.90 Å². The largest absolute Gasteiger partial charge is 0.460 e. The first-order chi connectivity index (χ1) is 20.2. The molecule has 236 valence electrons. The monoisotopic (exact) mass is 591 g/mol. The summed E-state index contributed by atoms with van der Waals surface area (Å²) in [7, 11) is 1.85. The smallest absolute Gasteiger partial charge is 0.315 e. The molecule has 2 saturated carbocycles. The fraction of sp³-hybridized carbons (Fsp3) is 0.622. The number of carbonyl (C=O) groups excluding carboxylic acids is 2. The van der Waals surface area contributed by atoms with Gasteiger partial charge in [-0.3, -0.25) is 14.5 Å². The van der Waals surface area contributed by atoms with Crippen LogP contribution >= 0.6 is 0 Å². The third-order valence-electron chi connectivity index (χ3n) is 10.3. The molecule has 2 aromatic carbocycles. The average molecular weight is 592 g/mol. The highest BCUT2D eigenvalue weighted by atomic mass is 16.6. The Morgan fingerprint density at radius 1 is 1.00 bits per heavy atom. The Kier molecular flexibility index (Phi) is 10.1. The summed E-state index contributed by atoms with van der Waals surface area (Å²) in [6.07, 6.45) is 2.68. The molecule has 6 atom stereocenters. The molecule has 2 bridgehead atoms. The van der Waals surface area contributed by atoms with E-state index in [1.165, 1.54) is 18.9 Å². The molecule has 2 fully saturated rings. The van der Waals surface area contributed by atoms with Crippen LogP contribution in [0.1, 0.15) is 91.9 Å². The fourth-order valence-electron chi connectivity index (χ4n) is 8.19. The summed E-state index contributed by atoms with van der Waals surface area (Å²) in [6, 6.07) is 19.8. The van der Waals surface area contributed by atoms with E-state index in [4.69, 9.17) is 14.2 Å². The minimum atomic E-state index is -0.803. The second-order valence-corrected chi connectivity index (χ2v) is 14.7. The van der Waals surface area contributed by atoms with Crippen molar-refractivity contribution in [3.63, 3.8) is 0 Å². The van der Waals surface area contributed by atoms with Crippen LogP contribution in [0.5, 0.6) is 0 Å². The third-order valence-corrected chi connectivity index (χ3v) is 10.3. The number of benzene rings is 2. The van der Waals surface area contributed by atoms with Gasteiger partial charge >= 0.3 is 11.9 Å². The molecule has 0 saturated heterocycles. The normalized spacial score (nSPS) is 25.0. The van der Waals surface area contributed by atoms with Crippen molar-refractivity contribution >= 4 is 11.9 Å². The Morgan fingerprint density at radius 3 is 2.12 bits per heavy atom. The molecule has 0 aliphatic heterocycles. The average Bonchev–Trinajstić information content (AvgIpc) is 3.30. The van der Waals surface area contributed by atoms with Gasteiger partial charge < -0.3 is 14.2 Å². The highest BCUT2D eigenvalue weighted by Gasteiger charge is 2.65. The van der Waals surface area contributed by atoms with E-state index in [1.54, 1.807) is 0 Å². The maximum atomic E-state index is 14.4. The molecule has 43 heavy (non-hydrogen) atoms. The van der Waals surface area contributed by atoms with E-state index in [0.29, 0.717) is 12.5 Å². The van der Waals surface area contributed by atoms with Crippen molar-refractivity contribution in [2.45, 2.75) is 105 Å². The fourth-order valence-corrected chi connectivity index (χ4v) is 8.19. The molecule has 6 heteroatoms.